The van der Waals surface area contributed by atoms with Gasteiger partial charge < -0.3 is 10.1 Å². The lowest BCUT2D eigenvalue weighted by atomic mass is 10.3. The Morgan fingerprint density at radius 2 is 2.00 bits per heavy atom. The minimum absolute atomic E-state index is 0.343. The molecule has 0 atom stereocenters. The molecule has 1 aromatic rings. The normalized spacial score (nSPS) is 17.4. The van der Waals surface area contributed by atoms with Gasteiger partial charge in [0.05, 0.1) is 4.90 Å². The van der Waals surface area contributed by atoms with Crippen molar-refractivity contribution >= 4 is 21.8 Å². The van der Waals surface area contributed by atoms with Gasteiger partial charge in [-0.3, -0.25) is 0 Å². The second-order valence-corrected chi connectivity index (χ2v) is 7.96. The van der Waals surface area contributed by atoms with Crippen molar-refractivity contribution < 1.29 is 13.2 Å². The second kappa shape index (κ2) is 8.03. The van der Waals surface area contributed by atoms with Crippen LogP contribution in [0, 0.1) is 0 Å². The van der Waals surface area contributed by atoms with Gasteiger partial charge in [-0.1, -0.05) is 0 Å². The summed E-state index contributed by atoms with van der Waals surface area (Å²) in [5, 5.41) is 2.99. The molecule has 1 fully saturated rings. The lowest BCUT2D eigenvalue weighted by Crippen LogP contribution is -2.32. The molecule has 5 nitrogen and oxygen atoms in total. The smallest absolute Gasteiger partial charge is 0.243 e. The fourth-order valence-electron chi connectivity index (χ4n) is 2.09. The minimum Gasteiger partial charge on any atom is -0.492 e. The van der Waals surface area contributed by atoms with E-state index in [0.717, 1.165) is 24.5 Å². The van der Waals surface area contributed by atoms with Crippen LogP contribution in [-0.4, -0.2) is 57.5 Å². The third kappa shape index (κ3) is 4.60. The highest BCUT2D eigenvalue weighted by atomic mass is 32.2. The van der Waals surface area contributed by atoms with Gasteiger partial charge in [0.1, 0.15) is 12.4 Å². The third-order valence-corrected chi connectivity index (χ3v) is 6.22. The molecule has 1 heterocycles. The molecule has 1 saturated heterocycles. The molecule has 0 spiro atoms. The second-order valence-electron chi connectivity index (χ2n) is 4.79. The summed E-state index contributed by atoms with van der Waals surface area (Å²) < 4.78 is 32.2. The van der Waals surface area contributed by atoms with E-state index in [4.69, 9.17) is 4.74 Å². The van der Waals surface area contributed by atoms with E-state index in [0.29, 0.717) is 30.3 Å². The Kier molecular flexibility index (Phi) is 6.35. The highest BCUT2D eigenvalue weighted by molar-refractivity contribution is 7.99. The molecule has 1 aliphatic heterocycles. The monoisotopic (exact) mass is 330 g/mol. The molecule has 0 saturated carbocycles. The molecule has 1 N–H and O–H groups in total. The molecular formula is C14H22N2O3S2. The van der Waals surface area contributed by atoms with Crippen molar-refractivity contribution in [1.82, 2.24) is 9.62 Å². The van der Waals surface area contributed by atoms with Gasteiger partial charge in [-0.05, 0) is 43.5 Å². The van der Waals surface area contributed by atoms with Crippen molar-refractivity contribution in [2.45, 2.75) is 11.3 Å². The maximum Gasteiger partial charge on any atom is 0.243 e. The predicted octanol–water partition coefficient (Wildman–Crippen LogP) is 1.41. The Balaban J connectivity index is 2.05. The lowest BCUT2D eigenvalue weighted by molar-refractivity contribution is 0.318. The summed E-state index contributed by atoms with van der Waals surface area (Å²) in [4.78, 5) is 0.343. The first-order valence-electron chi connectivity index (χ1n) is 7.10. The molecule has 0 radical (unpaired) electrons. The molecule has 0 amide bonds. The van der Waals surface area contributed by atoms with E-state index in [2.05, 4.69) is 5.32 Å². The summed E-state index contributed by atoms with van der Waals surface area (Å²) in [6.07, 6.45) is 0.912. The number of hydrogen-bond acceptors (Lipinski definition) is 5. The summed E-state index contributed by atoms with van der Waals surface area (Å²) in [6.45, 7) is 2.51. The van der Waals surface area contributed by atoms with Crippen LogP contribution in [0.2, 0.25) is 0 Å². The zero-order valence-corrected chi connectivity index (χ0v) is 13.9. The van der Waals surface area contributed by atoms with Crippen molar-refractivity contribution in [1.29, 1.82) is 0 Å². The summed E-state index contributed by atoms with van der Waals surface area (Å²) in [5.41, 5.74) is 0. The van der Waals surface area contributed by atoms with E-state index >= 15 is 0 Å². The number of sulfonamides is 1. The molecule has 0 aromatic heterocycles. The van der Waals surface area contributed by atoms with Crippen LogP contribution in [0.1, 0.15) is 6.42 Å². The number of nitrogens with one attached hydrogen (secondary N) is 1. The molecule has 21 heavy (non-hydrogen) atoms. The van der Waals surface area contributed by atoms with Crippen LogP contribution in [0.4, 0.5) is 0 Å². The quantitative estimate of drug-likeness (QED) is 0.799. The van der Waals surface area contributed by atoms with Crippen LogP contribution in [-0.2, 0) is 10.0 Å². The van der Waals surface area contributed by atoms with Crippen molar-refractivity contribution in [3.8, 4) is 5.75 Å². The summed E-state index contributed by atoms with van der Waals surface area (Å²) in [6, 6.07) is 6.69. The Labute approximate surface area is 131 Å². The number of thioether (sulfide) groups is 1. The molecular weight excluding hydrogens is 308 g/mol. The molecule has 118 valence electrons. The summed E-state index contributed by atoms with van der Waals surface area (Å²) >= 11 is 1.81. The number of rotatable bonds is 6. The lowest BCUT2D eigenvalue weighted by Gasteiger charge is -2.19. The summed E-state index contributed by atoms with van der Waals surface area (Å²) in [5.74, 6) is 2.59. The number of benzene rings is 1. The molecule has 1 aromatic carbocycles. The minimum atomic E-state index is -3.38. The molecule has 0 aliphatic carbocycles. The van der Waals surface area contributed by atoms with E-state index in [1.165, 1.54) is 0 Å². The largest absolute Gasteiger partial charge is 0.492 e. The maximum atomic E-state index is 12.6. The number of hydrogen-bond donors (Lipinski definition) is 1. The van der Waals surface area contributed by atoms with Gasteiger partial charge in [-0.25, -0.2) is 8.42 Å². The Bertz CT molecular complexity index is 524. The first kappa shape index (κ1) is 16.6. The van der Waals surface area contributed by atoms with Crippen molar-refractivity contribution in [3.63, 3.8) is 0 Å². The molecule has 0 unspecified atom stereocenters. The van der Waals surface area contributed by atoms with Crippen LogP contribution in [0.15, 0.2) is 29.2 Å². The van der Waals surface area contributed by atoms with Gasteiger partial charge in [0.25, 0.3) is 0 Å². The topological polar surface area (TPSA) is 58.6 Å². The zero-order valence-electron chi connectivity index (χ0n) is 12.2. The average Bonchev–Trinajstić information content (AvgIpc) is 2.78. The Morgan fingerprint density at radius 1 is 1.24 bits per heavy atom. The van der Waals surface area contributed by atoms with Crippen LogP contribution in [0.5, 0.6) is 5.75 Å². The van der Waals surface area contributed by atoms with Crippen LogP contribution in [0.3, 0.4) is 0 Å². The predicted molar refractivity (Wildman–Crippen MR) is 86.6 cm³/mol. The molecule has 2 rings (SSSR count). The van der Waals surface area contributed by atoms with E-state index < -0.39 is 10.0 Å². The average molecular weight is 330 g/mol. The standard InChI is InChI=1S/C14H22N2O3S2/c1-15-7-10-19-13-3-5-14(6-4-13)21(17,18)16-8-2-11-20-12-9-16/h3-6,15H,2,7-12H2,1H3. The maximum absolute atomic E-state index is 12.6. The molecule has 7 heteroatoms. The van der Waals surface area contributed by atoms with E-state index in [1.54, 1.807) is 28.6 Å². The fourth-order valence-corrected chi connectivity index (χ4v) is 4.57. The first-order chi connectivity index (χ1) is 10.1. The fraction of sp³-hybridized carbons (Fsp3) is 0.571. The summed E-state index contributed by atoms with van der Waals surface area (Å²) in [7, 11) is -1.52. The van der Waals surface area contributed by atoms with Crippen LogP contribution in [0.25, 0.3) is 0 Å². The molecule has 1 aliphatic rings. The highest BCUT2D eigenvalue weighted by Gasteiger charge is 2.25. The Hall–Kier alpha value is -0.760. The van der Waals surface area contributed by atoms with Gasteiger partial charge in [-0.2, -0.15) is 16.1 Å². The SMILES string of the molecule is CNCCOc1ccc(S(=O)(=O)N2CCCSCC2)cc1. The molecule has 0 bridgehead atoms. The van der Waals surface area contributed by atoms with Crippen LogP contribution >= 0.6 is 11.8 Å². The van der Waals surface area contributed by atoms with Gasteiger partial charge in [0.15, 0.2) is 0 Å². The number of nitrogens with zero attached hydrogens (tertiary/aromatic N) is 1. The van der Waals surface area contributed by atoms with Crippen molar-refractivity contribution in [2.75, 3.05) is 44.8 Å². The van der Waals surface area contributed by atoms with Crippen LogP contribution < -0.4 is 10.1 Å². The number of ether oxygens (including phenoxy) is 1. The van der Waals surface area contributed by atoms with E-state index in [1.807, 2.05) is 18.8 Å². The van der Waals surface area contributed by atoms with Gasteiger partial charge in [0, 0.05) is 25.4 Å². The van der Waals surface area contributed by atoms with E-state index in [-0.39, 0.29) is 0 Å². The van der Waals surface area contributed by atoms with E-state index in [9.17, 15) is 8.42 Å². The van der Waals surface area contributed by atoms with Gasteiger partial charge >= 0.3 is 0 Å². The highest BCUT2D eigenvalue weighted by Crippen LogP contribution is 2.22. The first-order valence-corrected chi connectivity index (χ1v) is 9.69. The van der Waals surface area contributed by atoms with Crippen molar-refractivity contribution in [3.05, 3.63) is 24.3 Å². The van der Waals surface area contributed by atoms with Gasteiger partial charge in [-0.15, -0.1) is 0 Å². The number of likely N-dealkylation sites (N-methyl/N-ethyl adjacent to an activating group) is 1. The van der Waals surface area contributed by atoms with Gasteiger partial charge in [0.2, 0.25) is 10.0 Å². The third-order valence-electron chi connectivity index (χ3n) is 3.26. The zero-order chi connectivity index (χ0) is 15.1. The Morgan fingerprint density at radius 3 is 2.71 bits per heavy atom. The van der Waals surface area contributed by atoms with Crippen molar-refractivity contribution in [2.24, 2.45) is 0 Å².